The number of benzene rings is 3. The maximum absolute atomic E-state index is 13.2. The van der Waals surface area contributed by atoms with Crippen LogP contribution in [0.25, 0.3) is 11.3 Å². The molecule has 0 saturated heterocycles. The summed E-state index contributed by atoms with van der Waals surface area (Å²) in [6, 6.07) is 14.7. The number of nitrogens with zero attached hydrogens (tertiary/aromatic N) is 5. The molecule has 204 valence electrons. The molecule has 0 saturated carbocycles. The van der Waals surface area contributed by atoms with E-state index in [4.69, 9.17) is 13.5 Å². The predicted molar refractivity (Wildman–Crippen MR) is 145 cm³/mol. The van der Waals surface area contributed by atoms with Gasteiger partial charge in [-0.2, -0.15) is 18.5 Å². The van der Waals surface area contributed by atoms with E-state index >= 15 is 0 Å². The van der Waals surface area contributed by atoms with E-state index in [1.165, 1.54) is 25.5 Å². The molecule has 0 spiro atoms. The van der Waals surface area contributed by atoms with Crippen LogP contribution in [0, 0.1) is 19.7 Å². The molecule has 0 aliphatic heterocycles. The van der Waals surface area contributed by atoms with E-state index in [0.717, 1.165) is 41.1 Å². The van der Waals surface area contributed by atoms with Crippen molar-refractivity contribution in [2.75, 3.05) is 17.9 Å². The molecule has 0 fully saturated rings. The molecule has 0 unspecified atom stereocenters. The lowest BCUT2D eigenvalue weighted by Crippen LogP contribution is -2.10. The highest BCUT2D eigenvalue weighted by atomic mass is 32.2. The number of rotatable bonds is 9. The van der Waals surface area contributed by atoms with Crippen molar-refractivity contribution in [2.24, 2.45) is 5.10 Å². The molecule has 0 aliphatic carbocycles. The highest BCUT2D eigenvalue weighted by molar-refractivity contribution is 7.87. The maximum atomic E-state index is 13.2. The number of methoxy groups -OCH3 is 1. The summed E-state index contributed by atoms with van der Waals surface area (Å²) in [6.45, 7) is 3.99. The zero-order valence-corrected chi connectivity index (χ0v) is 22.2. The highest BCUT2D eigenvalue weighted by Gasteiger charge is 2.19. The molecule has 5 aromatic rings. The Labute approximate surface area is 228 Å². The molecule has 0 aliphatic rings. The first kappa shape index (κ1) is 26.5. The van der Waals surface area contributed by atoms with Crippen LogP contribution in [0.5, 0.6) is 11.5 Å². The molecule has 0 amide bonds. The van der Waals surface area contributed by atoms with E-state index in [1.54, 1.807) is 6.07 Å². The summed E-state index contributed by atoms with van der Waals surface area (Å²) in [4.78, 5) is 8.63. The van der Waals surface area contributed by atoms with Gasteiger partial charge in [0.15, 0.2) is 23.1 Å². The van der Waals surface area contributed by atoms with Crippen molar-refractivity contribution in [1.82, 2.24) is 20.3 Å². The van der Waals surface area contributed by atoms with E-state index in [2.05, 4.69) is 36.1 Å². The van der Waals surface area contributed by atoms with Gasteiger partial charge in [0.05, 0.1) is 13.3 Å². The molecule has 0 atom stereocenters. The molecule has 40 heavy (non-hydrogen) atoms. The van der Waals surface area contributed by atoms with E-state index < -0.39 is 15.9 Å². The predicted octanol–water partition coefficient (Wildman–Crippen LogP) is 4.73. The minimum atomic E-state index is -4.21. The monoisotopic (exact) mass is 563 g/mol. The number of hydrogen-bond acceptors (Lipinski definition) is 12. The van der Waals surface area contributed by atoms with E-state index in [9.17, 15) is 12.8 Å². The maximum Gasteiger partial charge on any atom is 0.339 e. The van der Waals surface area contributed by atoms with Gasteiger partial charge in [-0.1, -0.05) is 12.1 Å². The lowest BCUT2D eigenvalue weighted by atomic mass is 10.1. The second kappa shape index (κ2) is 10.9. The minimum absolute atomic E-state index is 0.0493. The van der Waals surface area contributed by atoms with E-state index in [1.807, 2.05) is 32.0 Å². The summed E-state index contributed by atoms with van der Waals surface area (Å²) in [6.07, 6.45) is 1.47. The fraction of sp³-hybridized carbons (Fsp3) is 0.115. The topological polar surface area (TPSA) is 154 Å². The molecule has 14 heteroatoms. The first-order valence-corrected chi connectivity index (χ1v) is 13.1. The standard InChI is InChI=1S/C26H22FN7O5S/c1-15-5-4-6-20(16(15)2)29-23-24(31-26-25(30-23)33-39-34-26)32-28-14-17-7-12-21(22(13-17)37-3)38-40(35,36)19-10-8-18(27)9-11-19/h4-14H,1-3H3,(H,29,30,33)(H,31,32,34)/b28-14-. The number of aromatic nitrogens is 4. The van der Waals surface area contributed by atoms with Gasteiger partial charge in [-0.25, -0.2) is 14.0 Å². The van der Waals surface area contributed by atoms with Gasteiger partial charge in [0.1, 0.15) is 10.7 Å². The van der Waals surface area contributed by atoms with E-state index in [0.29, 0.717) is 11.4 Å². The third-order valence-corrected chi connectivity index (χ3v) is 7.09. The van der Waals surface area contributed by atoms with Gasteiger partial charge in [0.25, 0.3) is 0 Å². The van der Waals surface area contributed by atoms with Crippen LogP contribution in [-0.4, -0.2) is 42.0 Å². The lowest BCUT2D eigenvalue weighted by Gasteiger charge is -2.13. The largest absolute Gasteiger partial charge is 0.493 e. The number of ether oxygens (including phenoxy) is 1. The summed E-state index contributed by atoms with van der Waals surface area (Å²) in [5, 5.41) is 15.0. The van der Waals surface area contributed by atoms with Crippen molar-refractivity contribution < 1.29 is 26.4 Å². The molecule has 2 aromatic heterocycles. The van der Waals surface area contributed by atoms with Crippen LogP contribution in [-0.2, 0) is 10.1 Å². The zero-order chi connectivity index (χ0) is 28.3. The number of aryl methyl sites for hydroxylation is 1. The van der Waals surface area contributed by atoms with Gasteiger partial charge < -0.3 is 14.2 Å². The number of halogens is 1. The molecule has 3 aromatic carbocycles. The summed E-state index contributed by atoms with van der Waals surface area (Å²) in [7, 11) is -2.84. The summed E-state index contributed by atoms with van der Waals surface area (Å²) < 4.78 is 53.7. The molecular formula is C26H22FN7O5S. The Kier molecular flexibility index (Phi) is 7.25. The zero-order valence-electron chi connectivity index (χ0n) is 21.4. The van der Waals surface area contributed by atoms with Crippen molar-refractivity contribution >= 4 is 45.0 Å². The fourth-order valence-corrected chi connectivity index (χ4v) is 4.53. The molecule has 0 bridgehead atoms. The Morgan fingerprint density at radius 1 is 0.950 bits per heavy atom. The Morgan fingerprint density at radius 3 is 2.40 bits per heavy atom. The molecule has 2 heterocycles. The molecule has 2 N–H and O–H groups in total. The summed E-state index contributed by atoms with van der Waals surface area (Å²) in [5.74, 6) is 0.137. The fourth-order valence-electron chi connectivity index (χ4n) is 3.59. The van der Waals surface area contributed by atoms with Crippen LogP contribution >= 0.6 is 0 Å². The van der Waals surface area contributed by atoms with Crippen LogP contribution < -0.4 is 19.7 Å². The third-order valence-electron chi connectivity index (χ3n) is 5.85. The third kappa shape index (κ3) is 5.66. The number of fused-ring (bicyclic) bond motifs is 1. The Balaban J connectivity index is 1.37. The van der Waals surface area contributed by atoms with Crippen LogP contribution in [0.1, 0.15) is 16.7 Å². The second-order valence-electron chi connectivity index (χ2n) is 8.48. The lowest BCUT2D eigenvalue weighted by molar-refractivity contribution is 0.314. The van der Waals surface area contributed by atoms with E-state index in [-0.39, 0.29) is 33.5 Å². The number of anilines is 3. The molecule has 12 nitrogen and oxygen atoms in total. The van der Waals surface area contributed by atoms with Crippen LogP contribution in [0.3, 0.4) is 0 Å². The smallest absolute Gasteiger partial charge is 0.339 e. The second-order valence-corrected chi connectivity index (χ2v) is 10.0. The first-order valence-electron chi connectivity index (χ1n) is 11.7. The van der Waals surface area contributed by atoms with Gasteiger partial charge in [-0.05, 0) is 89.4 Å². The van der Waals surface area contributed by atoms with Crippen molar-refractivity contribution in [1.29, 1.82) is 0 Å². The van der Waals surface area contributed by atoms with Crippen molar-refractivity contribution in [3.63, 3.8) is 0 Å². The Morgan fingerprint density at radius 2 is 1.68 bits per heavy atom. The van der Waals surface area contributed by atoms with Gasteiger partial charge in [0.2, 0.25) is 11.3 Å². The molecular weight excluding hydrogens is 541 g/mol. The van der Waals surface area contributed by atoms with Gasteiger partial charge in [-0.15, -0.1) is 0 Å². The van der Waals surface area contributed by atoms with Gasteiger partial charge in [0, 0.05) is 5.69 Å². The van der Waals surface area contributed by atoms with Gasteiger partial charge in [-0.3, -0.25) is 5.43 Å². The SMILES string of the molecule is COc1cc(/C=N\Nc2nc3nonc3nc2Nc2cccc(C)c2C)ccc1OS(=O)(=O)c1ccc(F)cc1. The van der Waals surface area contributed by atoms with Crippen molar-refractivity contribution in [2.45, 2.75) is 18.7 Å². The normalized spacial score (nSPS) is 11.6. The average molecular weight is 564 g/mol. The summed E-state index contributed by atoms with van der Waals surface area (Å²) in [5.41, 5.74) is 6.76. The van der Waals surface area contributed by atoms with Crippen molar-refractivity contribution in [3.8, 4) is 11.5 Å². The Hall–Kier alpha value is -5.11. The molecule has 5 rings (SSSR count). The van der Waals surface area contributed by atoms with Crippen LogP contribution in [0.2, 0.25) is 0 Å². The highest BCUT2D eigenvalue weighted by Crippen LogP contribution is 2.31. The number of nitrogens with one attached hydrogen (secondary N) is 2. The quantitative estimate of drug-likeness (QED) is 0.145. The first-order chi connectivity index (χ1) is 19.2. The number of hydrogen-bond donors (Lipinski definition) is 2. The summed E-state index contributed by atoms with van der Waals surface area (Å²) >= 11 is 0. The van der Waals surface area contributed by atoms with Gasteiger partial charge >= 0.3 is 10.1 Å². The average Bonchev–Trinajstić information content (AvgIpc) is 3.39. The minimum Gasteiger partial charge on any atom is -0.493 e. The number of hydrazone groups is 1. The molecule has 0 radical (unpaired) electrons. The van der Waals surface area contributed by atoms with Crippen LogP contribution in [0.4, 0.5) is 21.7 Å². The van der Waals surface area contributed by atoms with Crippen LogP contribution in [0.15, 0.2) is 75.3 Å². The Bertz CT molecular complexity index is 1830. The van der Waals surface area contributed by atoms with Crippen molar-refractivity contribution in [3.05, 3.63) is 83.2 Å².